The molecule has 4 rings (SSSR count). The second kappa shape index (κ2) is 13.0. The van der Waals surface area contributed by atoms with Crippen molar-refractivity contribution in [1.29, 1.82) is 0 Å². The molecule has 2 aromatic heterocycles. The number of nitrogens with zero attached hydrogens (tertiary/aromatic N) is 4. The molecule has 5 N–H and O–H groups in total. The molecule has 0 amide bonds. The Kier molecular flexibility index (Phi) is 9.44. The molecule has 2 heterocycles. The Morgan fingerprint density at radius 2 is 1.70 bits per heavy atom. The fourth-order valence-electron chi connectivity index (χ4n) is 4.08. The number of aryl methyl sites for hydroxylation is 2. The van der Waals surface area contributed by atoms with Crippen LogP contribution in [0.25, 0.3) is 22.4 Å². The summed E-state index contributed by atoms with van der Waals surface area (Å²) < 4.78 is 0. The normalized spacial score (nSPS) is 11.5. The van der Waals surface area contributed by atoms with E-state index in [-0.39, 0.29) is 13.1 Å². The number of aromatic nitrogens is 3. The van der Waals surface area contributed by atoms with Crippen LogP contribution in [0.1, 0.15) is 23.9 Å². The molecule has 0 spiro atoms. The number of halogens is 2. The van der Waals surface area contributed by atoms with Crippen molar-refractivity contribution in [2.75, 3.05) is 18.4 Å². The van der Waals surface area contributed by atoms with Gasteiger partial charge in [0.05, 0.1) is 45.6 Å². The average molecular weight is 579 g/mol. The molecule has 0 unspecified atom stereocenters. The van der Waals surface area contributed by atoms with E-state index in [2.05, 4.69) is 25.6 Å². The van der Waals surface area contributed by atoms with Crippen molar-refractivity contribution in [3.63, 3.8) is 0 Å². The van der Waals surface area contributed by atoms with Gasteiger partial charge in [0.1, 0.15) is 5.69 Å². The van der Waals surface area contributed by atoms with Gasteiger partial charge in [-0.25, -0.2) is 9.97 Å². The van der Waals surface area contributed by atoms with Crippen LogP contribution in [-0.4, -0.2) is 44.8 Å². The minimum Gasteiger partial charge on any atom is -0.480 e. The van der Waals surface area contributed by atoms with E-state index >= 15 is 0 Å². The molecule has 40 heavy (non-hydrogen) atoms. The first-order valence-corrected chi connectivity index (χ1v) is 13.2. The summed E-state index contributed by atoms with van der Waals surface area (Å²) in [5.41, 5.74) is 13.0. The standard InChI is InChI=1S/C29H29Cl2N7O2/c1-16-10-11-34-29(28(16)36-17(2)13-33-15-25(39)40)38-22-9-5-7-20(27(22)31)19-6-4-8-21(26(19)30)24-14-35-18(3)23(12-32)37-24/h4-11,14,33H,12-13,15,32H2,1-3H3,(H,34,38)(H,39,40)/b36-17+. The van der Waals surface area contributed by atoms with Crippen LogP contribution in [0.2, 0.25) is 10.0 Å². The van der Waals surface area contributed by atoms with E-state index in [0.29, 0.717) is 50.9 Å². The molecule has 0 aliphatic carbocycles. The van der Waals surface area contributed by atoms with Crippen LogP contribution in [0.3, 0.4) is 0 Å². The van der Waals surface area contributed by atoms with E-state index in [1.807, 2.05) is 63.2 Å². The summed E-state index contributed by atoms with van der Waals surface area (Å²) in [5, 5.41) is 16.0. The van der Waals surface area contributed by atoms with Gasteiger partial charge in [0.25, 0.3) is 0 Å². The van der Waals surface area contributed by atoms with Crippen LogP contribution < -0.4 is 16.4 Å². The third-order valence-electron chi connectivity index (χ3n) is 6.15. The Bertz CT molecular complexity index is 1590. The molecule has 0 aliphatic rings. The highest BCUT2D eigenvalue weighted by molar-refractivity contribution is 6.39. The predicted molar refractivity (Wildman–Crippen MR) is 161 cm³/mol. The summed E-state index contributed by atoms with van der Waals surface area (Å²) in [7, 11) is 0. The van der Waals surface area contributed by atoms with Gasteiger partial charge in [-0.3, -0.25) is 14.8 Å². The molecule has 0 bridgehead atoms. The van der Waals surface area contributed by atoms with Crippen LogP contribution in [0.15, 0.2) is 59.9 Å². The number of hydrogen-bond acceptors (Lipinski definition) is 8. The number of carbonyl (C=O) groups is 1. The summed E-state index contributed by atoms with van der Waals surface area (Å²) in [5.74, 6) is -0.416. The first-order chi connectivity index (χ1) is 19.2. The highest BCUT2D eigenvalue weighted by Crippen LogP contribution is 2.42. The Labute approximate surface area is 242 Å². The van der Waals surface area contributed by atoms with Gasteiger partial charge in [0, 0.05) is 41.7 Å². The molecule has 0 saturated carbocycles. The van der Waals surface area contributed by atoms with Crippen molar-refractivity contribution in [2.45, 2.75) is 27.3 Å². The van der Waals surface area contributed by atoms with Crippen molar-refractivity contribution in [3.05, 3.63) is 81.9 Å². The Balaban J connectivity index is 1.69. The topological polar surface area (TPSA) is 138 Å². The lowest BCUT2D eigenvalue weighted by Crippen LogP contribution is -2.27. The molecule has 206 valence electrons. The van der Waals surface area contributed by atoms with Gasteiger partial charge in [0.2, 0.25) is 0 Å². The quantitative estimate of drug-likeness (QED) is 0.166. The van der Waals surface area contributed by atoms with Crippen LogP contribution in [0, 0.1) is 13.8 Å². The van der Waals surface area contributed by atoms with E-state index in [1.165, 1.54) is 0 Å². The zero-order chi connectivity index (χ0) is 28.8. The van der Waals surface area contributed by atoms with Crippen LogP contribution in [-0.2, 0) is 11.3 Å². The van der Waals surface area contributed by atoms with Gasteiger partial charge in [-0.05, 0) is 38.5 Å². The van der Waals surface area contributed by atoms with Gasteiger partial charge in [-0.15, -0.1) is 0 Å². The third-order valence-corrected chi connectivity index (χ3v) is 6.96. The first kappa shape index (κ1) is 29.1. The van der Waals surface area contributed by atoms with Crippen molar-refractivity contribution < 1.29 is 9.90 Å². The largest absolute Gasteiger partial charge is 0.480 e. The maximum atomic E-state index is 10.8. The number of aliphatic carboxylic acids is 1. The minimum absolute atomic E-state index is 0.152. The number of carboxylic acids is 1. The third kappa shape index (κ3) is 6.63. The summed E-state index contributed by atoms with van der Waals surface area (Å²) >= 11 is 13.8. The lowest BCUT2D eigenvalue weighted by atomic mass is 10.0. The summed E-state index contributed by atoms with van der Waals surface area (Å²) in [6, 6.07) is 13.2. The fraction of sp³-hybridized carbons (Fsp3) is 0.207. The number of nitrogens with two attached hydrogens (primary N) is 1. The van der Waals surface area contributed by atoms with Crippen molar-refractivity contribution >= 4 is 52.1 Å². The molecule has 2 aromatic carbocycles. The molecule has 0 atom stereocenters. The van der Waals surface area contributed by atoms with Crippen molar-refractivity contribution in [1.82, 2.24) is 20.3 Å². The molecule has 0 radical (unpaired) electrons. The average Bonchev–Trinajstić information content (AvgIpc) is 2.92. The molecular weight excluding hydrogens is 549 g/mol. The smallest absolute Gasteiger partial charge is 0.317 e. The molecular formula is C29H29Cl2N7O2. The molecule has 0 aliphatic heterocycles. The van der Waals surface area contributed by atoms with Crippen LogP contribution in [0.5, 0.6) is 0 Å². The number of hydrogen-bond donors (Lipinski definition) is 4. The molecule has 4 aromatic rings. The molecule has 9 nitrogen and oxygen atoms in total. The summed E-state index contributed by atoms with van der Waals surface area (Å²) in [6.45, 7) is 6.07. The zero-order valence-electron chi connectivity index (χ0n) is 22.3. The number of carboxylic acid groups (broad SMARTS) is 1. The highest BCUT2D eigenvalue weighted by atomic mass is 35.5. The lowest BCUT2D eigenvalue weighted by molar-refractivity contribution is -0.135. The fourth-order valence-corrected chi connectivity index (χ4v) is 4.68. The van der Waals surface area contributed by atoms with E-state index < -0.39 is 5.97 Å². The number of aliphatic imine (C=N–C) groups is 1. The number of benzene rings is 2. The van der Waals surface area contributed by atoms with Gasteiger partial charge >= 0.3 is 5.97 Å². The summed E-state index contributed by atoms with van der Waals surface area (Å²) in [4.78, 5) is 29.1. The predicted octanol–water partition coefficient (Wildman–Crippen LogP) is 6.10. The highest BCUT2D eigenvalue weighted by Gasteiger charge is 2.17. The van der Waals surface area contributed by atoms with Gasteiger partial charge in [0.15, 0.2) is 5.82 Å². The lowest BCUT2D eigenvalue weighted by Gasteiger charge is -2.16. The number of rotatable bonds is 10. The number of nitrogens with one attached hydrogen (secondary N) is 2. The molecule has 11 heteroatoms. The van der Waals surface area contributed by atoms with E-state index in [4.69, 9.17) is 39.0 Å². The van der Waals surface area contributed by atoms with Crippen LogP contribution >= 0.6 is 23.2 Å². The van der Waals surface area contributed by atoms with E-state index in [9.17, 15) is 4.79 Å². The van der Waals surface area contributed by atoms with E-state index in [1.54, 1.807) is 12.4 Å². The Morgan fingerprint density at radius 1 is 1.00 bits per heavy atom. The van der Waals surface area contributed by atoms with E-state index in [0.717, 1.165) is 27.9 Å². The van der Waals surface area contributed by atoms with Crippen LogP contribution in [0.4, 0.5) is 17.2 Å². The number of anilines is 2. The monoisotopic (exact) mass is 577 g/mol. The maximum absolute atomic E-state index is 10.8. The zero-order valence-corrected chi connectivity index (χ0v) is 23.8. The second-order valence-corrected chi connectivity index (χ2v) is 9.88. The second-order valence-electron chi connectivity index (χ2n) is 9.12. The number of pyridine rings is 1. The molecule has 0 fully saturated rings. The van der Waals surface area contributed by atoms with Crippen molar-refractivity contribution in [2.24, 2.45) is 10.7 Å². The molecule has 0 saturated heterocycles. The Hall–Kier alpha value is -3.89. The van der Waals surface area contributed by atoms with Crippen molar-refractivity contribution in [3.8, 4) is 22.4 Å². The van der Waals surface area contributed by atoms with Gasteiger partial charge in [-0.1, -0.05) is 53.5 Å². The minimum atomic E-state index is -0.931. The maximum Gasteiger partial charge on any atom is 0.317 e. The van der Waals surface area contributed by atoms with Gasteiger partial charge in [-0.2, -0.15) is 0 Å². The summed E-state index contributed by atoms with van der Waals surface area (Å²) in [6.07, 6.45) is 3.37. The Morgan fingerprint density at radius 3 is 2.42 bits per heavy atom. The SMILES string of the molecule is C/C(CNCC(=O)O)=N\c1c(C)ccnc1Nc1cccc(-c2cccc(-c3cnc(C)c(CN)n3)c2Cl)c1Cl. The first-order valence-electron chi connectivity index (χ1n) is 12.5. The van der Waals surface area contributed by atoms with Gasteiger partial charge < -0.3 is 21.5 Å².